The standard InChI is InChI=1S/C13H19N7O3/c14-3-8(21)19-6-1-2-7(11(23)10(6)22)20-5-18-9-12(15)16-4-17-13(9)20/h4-7,10-11,22-23H,1-3,14H2,(H,19,21)(H2,15,16,17)/t6-,7-,10-,11-/m1/s1. The van der Waals surface area contributed by atoms with Crippen molar-refractivity contribution in [1.29, 1.82) is 0 Å². The molecule has 1 aliphatic carbocycles. The molecule has 124 valence electrons. The minimum Gasteiger partial charge on any atom is -0.388 e. The van der Waals surface area contributed by atoms with Gasteiger partial charge in [-0.15, -0.1) is 0 Å². The number of carbonyl (C=O) groups is 1. The van der Waals surface area contributed by atoms with Gasteiger partial charge >= 0.3 is 0 Å². The molecule has 1 aliphatic rings. The van der Waals surface area contributed by atoms with E-state index in [1.807, 2.05) is 0 Å². The van der Waals surface area contributed by atoms with Crippen molar-refractivity contribution in [1.82, 2.24) is 24.8 Å². The smallest absolute Gasteiger partial charge is 0.234 e. The summed E-state index contributed by atoms with van der Waals surface area (Å²) in [5.41, 5.74) is 12.0. The molecule has 1 saturated carbocycles. The van der Waals surface area contributed by atoms with Crippen LogP contribution in [0.5, 0.6) is 0 Å². The fraction of sp³-hybridized carbons (Fsp3) is 0.538. The number of nitrogen functional groups attached to an aromatic ring is 1. The van der Waals surface area contributed by atoms with Gasteiger partial charge in [-0.25, -0.2) is 15.0 Å². The molecule has 23 heavy (non-hydrogen) atoms. The summed E-state index contributed by atoms with van der Waals surface area (Å²) in [5, 5.41) is 23.3. The lowest BCUT2D eigenvalue weighted by Gasteiger charge is -2.38. The number of hydrogen-bond donors (Lipinski definition) is 5. The third-order valence-corrected chi connectivity index (χ3v) is 4.21. The van der Waals surface area contributed by atoms with Gasteiger partial charge in [0.1, 0.15) is 24.1 Å². The Morgan fingerprint density at radius 1 is 1.30 bits per heavy atom. The normalized spacial score (nSPS) is 28.0. The second-order valence-corrected chi connectivity index (χ2v) is 5.59. The van der Waals surface area contributed by atoms with Gasteiger partial charge in [0.25, 0.3) is 0 Å². The largest absolute Gasteiger partial charge is 0.388 e. The summed E-state index contributed by atoms with van der Waals surface area (Å²) < 4.78 is 1.68. The van der Waals surface area contributed by atoms with Crippen LogP contribution in [0.4, 0.5) is 5.82 Å². The molecular formula is C13H19N7O3. The molecule has 0 saturated heterocycles. The van der Waals surface area contributed by atoms with Crippen LogP contribution in [0.25, 0.3) is 11.2 Å². The van der Waals surface area contributed by atoms with Crippen molar-refractivity contribution in [3.63, 3.8) is 0 Å². The zero-order chi connectivity index (χ0) is 16.6. The van der Waals surface area contributed by atoms with Gasteiger partial charge in [-0.2, -0.15) is 0 Å². The minimum absolute atomic E-state index is 0.162. The van der Waals surface area contributed by atoms with E-state index in [1.54, 1.807) is 4.57 Å². The zero-order valence-electron chi connectivity index (χ0n) is 12.3. The Labute approximate surface area is 131 Å². The molecule has 7 N–H and O–H groups in total. The van der Waals surface area contributed by atoms with Crippen molar-refractivity contribution in [3.8, 4) is 0 Å². The van der Waals surface area contributed by atoms with Gasteiger partial charge in [-0.3, -0.25) is 4.79 Å². The van der Waals surface area contributed by atoms with Gasteiger partial charge in [0.2, 0.25) is 5.91 Å². The molecule has 1 fully saturated rings. The fourth-order valence-corrected chi connectivity index (χ4v) is 3.00. The fourth-order valence-electron chi connectivity index (χ4n) is 3.00. The van der Waals surface area contributed by atoms with Crippen molar-refractivity contribution in [2.75, 3.05) is 12.3 Å². The number of anilines is 1. The molecule has 3 rings (SSSR count). The summed E-state index contributed by atoms with van der Waals surface area (Å²) in [4.78, 5) is 23.6. The highest BCUT2D eigenvalue weighted by molar-refractivity contribution is 5.81. The number of aliphatic hydroxyl groups excluding tert-OH is 2. The number of amides is 1. The van der Waals surface area contributed by atoms with Crippen molar-refractivity contribution >= 4 is 22.9 Å². The van der Waals surface area contributed by atoms with Gasteiger partial charge in [0.05, 0.1) is 25.0 Å². The molecule has 2 aromatic heterocycles. The summed E-state index contributed by atoms with van der Waals surface area (Å²) in [6.07, 6.45) is 1.68. The molecule has 10 heteroatoms. The van der Waals surface area contributed by atoms with Crippen LogP contribution in [0, 0.1) is 0 Å². The number of rotatable bonds is 3. The van der Waals surface area contributed by atoms with E-state index in [2.05, 4.69) is 20.3 Å². The second kappa shape index (κ2) is 6.07. The Hall–Kier alpha value is -2.30. The third-order valence-electron chi connectivity index (χ3n) is 4.21. The van der Waals surface area contributed by atoms with Crippen LogP contribution in [-0.4, -0.2) is 60.4 Å². The molecule has 0 aromatic carbocycles. The van der Waals surface area contributed by atoms with E-state index in [4.69, 9.17) is 11.5 Å². The van der Waals surface area contributed by atoms with Crippen LogP contribution >= 0.6 is 0 Å². The van der Waals surface area contributed by atoms with E-state index < -0.39 is 24.3 Å². The topological polar surface area (TPSA) is 165 Å². The first kappa shape index (κ1) is 15.6. The molecular weight excluding hydrogens is 302 g/mol. The van der Waals surface area contributed by atoms with Crippen LogP contribution in [0.3, 0.4) is 0 Å². The van der Waals surface area contributed by atoms with Gasteiger partial charge in [-0.05, 0) is 12.8 Å². The lowest BCUT2D eigenvalue weighted by Crippen LogP contribution is -2.55. The van der Waals surface area contributed by atoms with Gasteiger partial charge in [-0.1, -0.05) is 0 Å². The lowest BCUT2D eigenvalue weighted by atomic mass is 9.85. The minimum atomic E-state index is -1.11. The number of carbonyl (C=O) groups excluding carboxylic acids is 1. The quantitative estimate of drug-likeness (QED) is 0.429. The highest BCUT2D eigenvalue weighted by atomic mass is 16.3. The van der Waals surface area contributed by atoms with E-state index in [1.165, 1.54) is 12.7 Å². The maximum Gasteiger partial charge on any atom is 0.234 e. The van der Waals surface area contributed by atoms with Gasteiger partial charge in [0.15, 0.2) is 11.5 Å². The Balaban J connectivity index is 1.84. The Bertz CT molecular complexity index is 719. The van der Waals surface area contributed by atoms with Gasteiger partial charge < -0.3 is 31.6 Å². The van der Waals surface area contributed by atoms with E-state index in [-0.39, 0.29) is 18.3 Å². The van der Waals surface area contributed by atoms with Crippen molar-refractivity contribution in [2.24, 2.45) is 5.73 Å². The predicted octanol–water partition coefficient (Wildman–Crippen LogP) is -2.09. The summed E-state index contributed by atoms with van der Waals surface area (Å²) in [5.74, 6) is -0.110. The molecule has 0 spiro atoms. The van der Waals surface area contributed by atoms with Crippen LogP contribution in [0.1, 0.15) is 18.9 Å². The van der Waals surface area contributed by atoms with Crippen molar-refractivity contribution < 1.29 is 15.0 Å². The molecule has 0 unspecified atom stereocenters. The molecule has 2 heterocycles. The molecule has 4 atom stereocenters. The Morgan fingerprint density at radius 2 is 2.09 bits per heavy atom. The summed E-state index contributed by atoms with van der Waals surface area (Å²) in [7, 11) is 0. The van der Waals surface area contributed by atoms with Crippen molar-refractivity contribution in [2.45, 2.75) is 37.1 Å². The van der Waals surface area contributed by atoms with Crippen LogP contribution in [0.2, 0.25) is 0 Å². The maximum absolute atomic E-state index is 11.4. The Morgan fingerprint density at radius 3 is 2.83 bits per heavy atom. The number of imidazole rings is 1. The average Bonchev–Trinajstić information content (AvgIpc) is 2.97. The first-order chi connectivity index (χ1) is 11.0. The maximum atomic E-state index is 11.4. The molecule has 0 radical (unpaired) electrons. The number of nitrogens with one attached hydrogen (secondary N) is 1. The highest BCUT2D eigenvalue weighted by Gasteiger charge is 2.39. The van der Waals surface area contributed by atoms with E-state index in [0.29, 0.717) is 24.0 Å². The molecule has 2 aromatic rings. The zero-order valence-corrected chi connectivity index (χ0v) is 12.3. The molecule has 10 nitrogen and oxygen atoms in total. The van der Waals surface area contributed by atoms with Crippen molar-refractivity contribution in [3.05, 3.63) is 12.7 Å². The summed E-state index contributed by atoms with van der Waals surface area (Å²) in [6, 6.07) is -0.956. The van der Waals surface area contributed by atoms with Crippen LogP contribution < -0.4 is 16.8 Å². The number of nitrogens with zero attached hydrogens (tertiary/aromatic N) is 4. The van der Waals surface area contributed by atoms with E-state index in [9.17, 15) is 15.0 Å². The first-order valence-electron chi connectivity index (χ1n) is 7.31. The second-order valence-electron chi connectivity index (χ2n) is 5.59. The van der Waals surface area contributed by atoms with Crippen LogP contribution in [0.15, 0.2) is 12.7 Å². The number of aliphatic hydroxyl groups is 2. The number of hydrogen-bond acceptors (Lipinski definition) is 8. The molecule has 1 amide bonds. The van der Waals surface area contributed by atoms with E-state index >= 15 is 0 Å². The monoisotopic (exact) mass is 321 g/mol. The van der Waals surface area contributed by atoms with Crippen LogP contribution in [-0.2, 0) is 4.79 Å². The Kier molecular flexibility index (Phi) is 4.11. The number of nitrogens with two attached hydrogens (primary N) is 2. The number of fused-ring (bicyclic) bond motifs is 1. The van der Waals surface area contributed by atoms with Gasteiger partial charge in [0, 0.05) is 0 Å². The summed E-state index contributed by atoms with van der Waals surface area (Å²) in [6.45, 7) is -0.162. The molecule has 0 bridgehead atoms. The molecule has 0 aliphatic heterocycles. The number of aromatic nitrogens is 4. The third kappa shape index (κ3) is 2.71. The van der Waals surface area contributed by atoms with E-state index in [0.717, 1.165) is 0 Å². The SMILES string of the molecule is NCC(=O)N[C@@H]1CC[C@@H](n2cnc3c(N)ncnc32)[C@@H](O)[C@@H]1O. The summed E-state index contributed by atoms with van der Waals surface area (Å²) >= 11 is 0. The average molecular weight is 321 g/mol. The first-order valence-corrected chi connectivity index (χ1v) is 7.31. The highest BCUT2D eigenvalue weighted by Crippen LogP contribution is 2.31. The lowest BCUT2D eigenvalue weighted by molar-refractivity contribution is -0.123. The predicted molar refractivity (Wildman–Crippen MR) is 81.0 cm³/mol.